The van der Waals surface area contributed by atoms with E-state index >= 15 is 0 Å². The van der Waals surface area contributed by atoms with Gasteiger partial charge in [-0.05, 0) is 36.1 Å². The zero-order valence-corrected chi connectivity index (χ0v) is 11.9. The van der Waals surface area contributed by atoms with Crippen molar-refractivity contribution in [1.82, 2.24) is 5.32 Å². The lowest BCUT2D eigenvalue weighted by molar-refractivity contribution is -0.137. The van der Waals surface area contributed by atoms with Crippen molar-refractivity contribution in [2.24, 2.45) is 11.8 Å². The zero-order chi connectivity index (χ0) is 14.6. The average molecular weight is 273 g/mol. The van der Waals surface area contributed by atoms with Gasteiger partial charge in [0, 0.05) is 6.04 Å². The van der Waals surface area contributed by atoms with Gasteiger partial charge in [0.2, 0.25) is 0 Å². The van der Waals surface area contributed by atoms with Gasteiger partial charge < -0.3 is 5.32 Å². The summed E-state index contributed by atoms with van der Waals surface area (Å²) in [5, 5.41) is 3.29. The monoisotopic (exact) mass is 273 g/mol. The van der Waals surface area contributed by atoms with Gasteiger partial charge >= 0.3 is 6.18 Å². The lowest BCUT2D eigenvalue weighted by atomic mass is 9.85. The van der Waals surface area contributed by atoms with Crippen molar-refractivity contribution >= 4 is 0 Å². The molecule has 0 saturated heterocycles. The van der Waals surface area contributed by atoms with Crippen molar-refractivity contribution in [3.63, 3.8) is 0 Å². The van der Waals surface area contributed by atoms with Crippen LogP contribution in [-0.4, -0.2) is 6.54 Å². The van der Waals surface area contributed by atoms with Crippen LogP contribution in [0.3, 0.4) is 0 Å². The normalized spacial score (nSPS) is 15.6. The van der Waals surface area contributed by atoms with Crippen LogP contribution >= 0.6 is 0 Å². The summed E-state index contributed by atoms with van der Waals surface area (Å²) in [6.07, 6.45) is -4.28. The fourth-order valence-corrected chi connectivity index (χ4v) is 2.12. The highest BCUT2D eigenvalue weighted by Gasteiger charge is 2.31. The lowest BCUT2D eigenvalue weighted by Crippen LogP contribution is -2.29. The number of benzene rings is 1. The van der Waals surface area contributed by atoms with E-state index in [1.54, 1.807) is 6.07 Å². The lowest BCUT2D eigenvalue weighted by Gasteiger charge is -2.28. The van der Waals surface area contributed by atoms with Gasteiger partial charge in [-0.15, -0.1) is 0 Å². The van der Waals surface area contributed by atoms with Crippen LogP contribution in [0.5, 0.6) is 0 Å². The predicted molar refractivity (Wildman–Crippen MR) is 71.9 cm³/mol. The molecule has 0 bridgehead atoms. The largest absolute Gasteiger partial charge is 0.416 e. The summed E-state index contributed by atoms with van der Waals surface area (Å²) in [6, 6.07) is 5.57. The van der Waals surface area contributed by atoms with Crippen LogP contribution in [0, 0.1) is 11.8 Å². The van der Waals surface area contributed by atoms with E-state index in [1.165, 1.54) is 12.1 Å². The SMILES string of the molecule is CCNC(c1cccc(C(F)(F)F)c1)C(C)C(C)C. The van der Waals surface area contributed by atoms with Crippen LogP contribution in [0.1, 0.15) is 44.9 Å². The molecule has 1 rings (SSSR count). The van der Waals surface area contributed by atoms with Crippen LogP contribution in [0.25, 0.3) is 0 Å². The summed E-state index contributed by atoms with van der Waals surface area (Å²) in [7, 11) is 0. The molecule has 19 heavy (non-hydrogen) atoms. The van der Waals surface area contributed by atoms with E-state index < -0.39 is 11.7 Å². The highest BCUT2D eigenvalue weighted by atomic mass is 19.4. The minimum absolute atomic E-state index is 0.0488. The molecule has 0 aliphatic carbocycles. The first-order valence-corrected chi connectivity index (χ1v) is 6.68. The summed E-state index contributed by atoms with van der Waals surface area (Å²) in [6.45, 7) is 8.94. The Labute approximate surface area is 113 Å². The number of nitrogens with one attached hydrogen (secondary N) is 1. The molecule has 0 fully saturated rings. The summed E-state index contributed by atoms with van der Waals surface area (Å²) in [5.74, 6) is 0.669. The van der Waals surface area contributed by atoms with E-state index in [0.717, 1.165) is 12.6 Å². The third kappa shape index (κ3) is 4.23. The Morgan fingerprint density at radius 1 is 1.16 bits per heavy atom. The molecule has 2 unspecified atom stereocenters. The minimum atomic E-state index is -4.28. The minimum Gasteiger partial charge on any atom is -0.310 e. The highest BCUT2D eigenvalue weighted by molar-refractivity contribution is 5.28. The molecule has 1 N–H and O–H groups in total. The molecule has 1 nitrogen and oxygen atoms in total. The van der Waals surface area contributed by atoms with E-state index in [-0.39, 0.29) is 12.0 Å². The number of halogens is 3. The van der Waals surface area contributed by atoms with Crippen LogP contribution < -0.4 is 5.32 Å². The molecule has 0 aliphatic rings. The third-order valence-corrected chi connectivity index (χ3v) is 3.57. The molecule has 1 aromatic carbocycles. The zero-order valence-electron chi connectivity index (χ0n) is 11.9. The van der Waals surface area contributed by atoms with E-state index in [4.69, 9.17) is 0 Å². The van der Waals surface area contributed by atoms with E-state index in [2.05, 4.69) is 26.1 Å². The maximum atomic E-state index is 12.8. The van der Waals surface area contributed by atoms with E-state index in [0.29, 0.717) is 11.5 Å². The molecule has 0 aliphatic heterocycles. The molecule has 0 aromatic heterocycles. The van der Waals surface area contributed by atoms with Crippen molar-refractivity contribution < 1.29 is 13.2 Å². The molecule has 1 aromatic rings. The second-order valence-corrected chi connectivity index (χ2v) is 5.26. The predicted octanol–water partition coefficient (Wildman–Crippen LogP) is 4.65. The molecule has 0 radical (unpaired) electrons. The molecular formula is C15H22F3N. The summed E-state index contributed by atoms with van der Waals surface area (Å²) in [5.41, 5.74) is 0.127. The Morgan fingerprint density at radius 2 is 1.79 bits per heavy atom. The van der Waals surface area contributed by atoms with Crippen LogP contribution in [-0.2, 0) is 6.18 Å². The van der Waals surface area contributed by atoms with Gasteiger partial charge in [-0.1, -0.05) is 39.8 Å². The molecule has 4 heteroatoms. The maximum Gasteiger partial charge on any atom is 0.416 e. The molecule has 0 heterocycles. The summed E-state index contributed by atoms with van der Waals surface area (Å²) < 4.78 is 38.3. The van der Waals surface area contributed by atoms with Gasteiger partial charge in [-0.25, -0.2) is 0 Å². The van der Waals surface area contributed by atoms with Gasteiger partial charge in [0.25, 0.3) is 0 Å². The topological polar surface area (TPSA) is 12.0 Å². The van der Waals surface area contributed by atoms with Crippen molar-refractivity contribution in [3.8, 4) is 0 Å². The number of hydrogen-bond donors (Lipinski definition) is 1. The Hall–Kier alpha value is -1.03. The van der Waals surface area contributed by atoms with E-state index in [1.807, 2.05) is 6.92 Å². The molecule has 0 saturated carbocycles. The maximum absolute atomic E-state index is 12.8. The fraction of sp³-hybridized carbons (Fsp3) is 0.600. The smallest absolute Gasteiger partial charge is 0.310 e. The molecule has 0 amide bonds. The van der Waals surface area contributed by atoms with Gasteiger partial charge in [-0.3, -0.25) is 0 Å². The summed E-state index contributed by atoms with van der Waals surface area (Å²) in [4.78, 5) is 0. The van der Waals surface area contributed by atoms with Crippen molar-refractivity contribution in [2.75, 3.05) is 6.54 Å². The highest BCUT2D eigenvalue weighted by Crippen LogP contribution is 2.33. The summed E-state index contributed by atoms with van der Waals surface area (Å²) >= 11 is 0. The number of alkyl halides is 3. The van der Waals surface area contributed by atoms with Crippen molar-refractivity contribution in [3.05, 3.63) is 35.4 Å². The molecule has 2 atom stereocenters. The van der Waals surface area contributed by atoms with Crippen LogP contribution in [0.2, 0.25) is 0 Å². The quantitative estimate of drug-likeness (QED) is 0.823. The Balaban J connectivity index is 3.09. The van der Waals surface area contributed by atoms with Crippen LogP contribution in [0.15, 0.2) is 24.3 Å². The number of rotatable bonds is 5. The van der Waals surface area contributed by atoms with E-state index in [9.17, 15) is 13.2 Å². The first-order chi connectivity index (χ1) is 8.77. The second kappa shape index (κ2) is 6.42. The molecular weight excluding hydrogens is 251 g/mol. The first-order valence-electron chi connectivity index (χ1n) is 6.68. The van der Waals surface area contributed by atoms with Gasteiger partial charge in [0.1, 0.15) is 0 Å². The number of hydrogen-bond acceptors (Lipinski definition) is 1. The Kier molecular flexibility index (Phi) is 5.41. The van der Waals surface area contributed by atoms with Gasteiger partial charge in [0.05, 0.1) is 5.56 Å². The first kappa shape index (κ1) is 16.0. The van der Waals surface area contributed by atoms with Gasteiger partial charge in [0.15, 0.2) is 0 Å². The fourth-order valence-electron chi connectivity index (χ4n) is 2.12. The second-order valence-electron chi connectivity index (χ2n) is 5.26. The standard InChI is InChI=1S/C15H22F3N/c1-5-19-14(11(4)10(2)3)12-7-6-8-13(9-12)15(16,17)18/h6-11,14,19H,5H2,1-4H3. The van der Waals surface area contributed by atoms with Gasteiger partial charge in [-0.2, -0.15) is 13.2 Å². The van der Waals surface area contributed by atoms with Crippen LogP contribution in [0.4, 0.5) is 13.2 Å². The Morgan fingerprint density at radius 3 is 2.26 bits per heavy atom. The third-order valence-electron chi connectivity index (χ3n) is 3.57. The average Bonchev–Trinajstić information content (AvgIpc) is 2.34. The van der Waals surface area contributed by atoms with Crippen molar-refractivity contribution in [1.29, 1.82) is 0 Å². The Bertz CT molecular complexity index is 399. The van der Waals surface area contributed by atoms with Crippen molar-refractivity contribution in [2.45, 2.75) is 39.9 Å². The molecule has 108 valence electrons. The molecule has 0 spiro atoms.